The van der Waals surface area contributed by atoms with Crippen molar-refractivity contribution in [1.82, 2.24) is 9.97 Å². The average molecular weight is 733 g/mol. The van der Waals surface area contributed by atoms with Gasteiger partial charge in [-0.05, 0) is 75.8 Å². The predicted octanol–water partition coefficient (Wildman–Crippen LogP) is 14.7. The summed E-state index contributed by atoms with van der Waals surface area (Å²) in [5.74, 6) is 0.687. The zero-order valence-corrected chi connectivity index (χ0v) is 31.0. The van der Waals surface area contributed by atoms with E-state index in [9.17, 15) is 0 Å². The van der Waals surface area contributed by atoms with Crippen molar-refractivity contribution in [3.63, 3.8) is 0 Å². The number of para-hydroxylation sites is 2. The van der Waals surface area contributed by atoms with Gasteiger partial charge in [0.25, 0.3) is 0 Å². The monoisotopic (exact) mass is 732 g/mol. The molecule has 8 aromatic carbocycles. The molecule has 3 aromatic heterocycles. The van der Waals surface area contributed by atoms with Gasteiger partial charge in [-0.15, -0.1) is 11.3 Å². The maximum absolute atomic E-state index is 6.50. The van der Waals surface area contributed by atoms with Crippen LogP contribution in [0, 0.1) is 0 Å². The minimum Gasteiger partial charge on any atom is -0.455 e. The van der Waals surface area contributed by atoms with Crippen LogP contribution in [0.2, 0.25) is 0 Å². The van der Waals surface area contributed by atoms with Crippen LogP contribution < -0.4 is 0 Å². The van der Waals surface area contributed by atoms with Crippen LogP contribution in [-0.2, 0) is 0 Å². The van der Waals surface area contributed by atoms with Gasteiger partial charge in [0, 0.05) is 47.6 Å². The van der Waals surface area contributed by atoms with Gasteiger partial charge in [-0.3, -0.25) is 0 Å². The van der Waals surface area contributed by atoms with E-state index in [1.165, 1.54) is 53.6 Å². The maximum atomic E-state index is 6.50. The quantitative estimate of drug-likeness (QED) is 0.171. The van der Waals surface area contributed by atoms with Gasteiger partial charge < -0.3 is 4.42 Å². The fraction of sp³-hybridized carbons (Fsp3) is 0. The molecule has 0 radical (unpaired) electrons. The Morgan fingerprint density at radius 1 is 0.357 bits per heavy atom. The summed E-state index contributed by atoms with van der Waals surface area (Å²) in [5, 5.41) is 4.54. The van der Waals surface area contributed by atoms with E-state index < -0.39 is 0 Å². The van der Waals surface area contributed by atoms with Gasteiger partial charge in [-0.25, -0.2) is 9.97 Å². The Balaban J connectivity index is 1.04. The van der Waals surface area contributed by atoms with Gasteiger partial charge in [0.2, 0.25) is 0 Å². The van der Waals surface area contributed by atoms with Gasteiger partial charge >= 0.3 is 0 Å². The molecule has 0 aliphatic carbocycles. The normalized spacial score (nSPS) is 11.6. The molecule has 3 heterocycles. The van der Waals surface area contributed by atoms with E-state index in [2.05, 4.69) is 176 Å². The third-order valence-corrected chi connectivity index (χ3v) is 11.9. The summed E-state index contributed by atoms with van der Waals surface area (Å²) < 4.78 is 8.94. The second-order valence-electron chi connectivity index (χ2n) is 14.1. The molecule has 262 valence electrons. The van der Waals surface area contributed by atoms with Crippen LogP contribution in [0.1, 0.15) is 0 Å². The summed E-state index contributed by atoms with van der Waals surface area (Å²) >= 11 is 1.81. The van der Waals surface area contributed by atoms with Gasteiger partial charge in [0.15, 0.2) is 5.82 Å². The number of fused-ring (bicyclic) bond motifs is 6. The van der Waals surface area contributed by atoms with E-state index in [4.69, 9.17) is 14.4 Å². The molecule has 0 bridgehead atoms. The number of hydrogen-bond donors (Lipinski definition) is 0. The molecule has 0 aliphatic rings. The van der Waals surface area contributed by atoms with Crippen LogP contribution in [0.5, 0.6) is 0 Å². The Morgan fingerprint density at radius 3 is 1.71 bits per heavy atom. The van der Waals surface area contributed by atoms with Gasteiger partial charge in [-0.1, -0.05) is 152 Å². The predicted molar refractivity (Wildman–Crippen MR) is 235 cm³/mol. The molecule has 0 aliphatic heterocycles. The molecule has 0 spiro atoms. The van der Waals surface area contributed by atoms with Crippen molar-refractivity contribution in [1.29, 1.82) is 0 Å². The standard InChI is InChI=1S/C52H32N2OS/c1-3-12-33(13-4-1)37-16-9-17-38(30-37)34-24-26-35(27-25-34)39-28-29-48-44(31-39)50-43(21-11-23-49(50)56-48)52-53-45(36-14-5-2-6-15-36)32-46(54-52)42-20-10-19-41-40-18-7-8-22-47(40)55-51(41)42/h1-32H. The Kier molecular flexibility index (Phi) is 7.68. The van der Waals surface area contributed by atoms with Crippen molar-refractivity contribution in [3.8, 4) is 67.3 Å². The highest BCUT2D eigenvalue weighted by atomic mass is 32.1. The van der Waals surface area contributed by atoms with Crippen LogP contribution in [0.25, 0.3) is 109 Å². The fourth-order valence-corrected chi connectivity index (χ4v) is 9.08. The van der Waals surface area contributed by atoms with Crippen molar-refractivity contribution in [2.75, 3.05) is 0 Å². The molecule has 3 nitrogen and oxygen atoms in total. The molecule has 0 fully saturated rings. The number of thiophene rings is 1. The van der Waals surface area contributed by atoms with Crippen LogP contribution in [0.3, 0.4) is 0 Å². The van der Waals surface area contributed by atoms with Crippen molar-refractivity contribution in [2.24, 2.45) is 0 Å². The zero-order chi connectivity index (χ0) is 37.0. The first kappa shape index (κ1) is 32.3. The average Bonchev–Trinajstić information content (AvgIpc) is 3.85. The molecule has 0 saturated carbocycles. The minimum absolute atomic E-state index is 0.687. The summed E-state index contributed by atoms with van der Waals surface area (Å²) in [7, 11) is 0. The third kappa shape index (κ3) is 5.58. The van der Waals surface area contributed by atoms with Crippen LogP contribution in [-0.4, -0.2) is 9.97 Å². The number of furan rings is 1. The largest absolute Gasteiger partial charge is 0.455 e. The molecular weight excluding hydrogens is 701 g/mol. The van der Waals surface area contributed by atoms with E-state index in [1.807, 2.05) is 29.5 Å². The highest BCUT2D eigenvalue weighted by Crippen LogP contribution is 2.43. The van der Waals surface area contributed by atoms with E-state index >= 15 is 0 Å². The number of hydrogen-bond acceptors (Lipinski definition) is 4. The summed E-state index contributed by atoms with van der Waals surface area (Å²) in [6.45, 7) is 0. The van der Waals surface area contributed by atoms with Crippen LogP contribution in [0.4, 0.5) is 0 Å². The van der Waals surface area contributed by atoms with E-state index in [1.54, 1.807) is 0 Å². The Labute approximate surface area is 327 Å². The lowest BCUT2D eigenvalue weighted by Crippen LogP contribution is -1.96. The highest BCUT2D eigenvalue weighted by molar-refractivity contribution is 7.26. The smallest absolute Gasteiger partial charge is 0.161 e. The number of nitrogens with zero attached hydrogens (tertiary/aromatic N) is 2. The van der Waals surface area contributed by atoms with E-state index in [0.29, 0.717) is 5.82 Å². The molecule has 4 heteroatoms. The third-order valence-electron chi connectivity index (χ3n) is 10.7. The van der Waals surface area contributed by atoms with Gasteiger partial charge in [0.05, 0.1) is 11.4 Å². The topological polar surface area (TPSA) is 38.9 Å². The molecule has 0 N–H and O–H groups in total. The van der Waals surface area contributed by atoms with Crippen LogP contribution in [0.15, 0.2) is 199 Å². The lowest BCUT2D eigenvalue weighted by atomic mass is 9.96. The van der Waals surface area contributed by atoms with Crippen molar-refractivity contribution < 1.29 is 4.42 Å². The number of benzene rings is 8. The first-order valence-electron chi connectivity index (χ1n) is 18.8. The SMILES string of the molecule is c1ccc(-c2cccc(-c3ccc(-c4ccc5sc6cccc(-c7nc(-c8ccccc8)cc(-c8cccc9c8oc8ccccc89)n7)c6c5c4)cc3)c2)cc1. The Bertz CT molecular complexity index is 3240. The molecule has 11 rings (SSSR count). The first-order chi connectivity index (χ1) is 27.7. The van der Waals surface area contributed by atoms with Crippen molar-refractivity contribution in [2.45, 2.75) is 0 Å². The van der Waals surface area contributed by atoms with Crippen LogP contribution >= 0.6 is 11.3 Å². The molecule has 11 aromatic rings. The molecule has 0 amide bonds. The Hall–Kier alpha value is -7.14. The molecule has 0 atom stereocenters. The minimum atomic E-state index is 0.687. The maximum Gasteiger partial charge on any atom is 0.161 e. The molecule has 0 unspecified atom stereocenters. The molecular formula is C52H32N2OS. The zero-order valence-electron chi connectivity index (χ0n) is 30.2. The van der Waals surface area contributed by atoms with E-state index in [0.717, 1.165) is 50.0 Å². The second-order valence-corrected chi connectivity index (χ2v) is 15.2. The fourth-order valence-electron chi connectivity index (χ4n) is 7.97. The van der Waals surface area contributed by atoms with Crippen molar-refractivity contribution >= 4 is 53.4 Å². The van der Waals surface area contributed by atoms with Gasteiger partial charge in [-0.2, -0.15) is 0 Å². The summed E-state index contributed by atoms with van der Waals surface area (Å²) in [6, 6.07) is 68.5. The summed E-state index contributed by atoms with van der Waals surface area (Å²) in [6.07, 6.45) is 0. The number of aromatic nitrogens is 2. The van der Waals surface area contributed by atoms with E-state index in [-0.39, 0.29) is 0 Å². The number of rotatable bonds is 6. The first-order valence-corrected chi connectivity index (χ1v) is 19.6. The van der Waals surface area contributed by atoms with Gasteiger partial charge in [0.1, 0.15) is 11.2 Å². The second kappa shape index (κ2) is 13.3. The molecule has 56 heavy (non-hydrogen) atoms. The Morgan fingerprint density at radius 2 is 0.929 bits per heavy atom. The van der Waals surface area contributed by atoms with Crippen molar-refractivity contribution in [3.05, 3.63) is 194 Å². The summed E-state index contributed by atoms with van der Waals surface area (Å²) in [4.78, 5) is 10.6. The molecule has 0 saturated heterocycles. The highest BCUT2D eigenvalue weighted by Gasteiger charge is 2.19. The summed E-state index contributed by atoms with van der Waals surface area (Å²) in [5.41, 5.74) is 13.6. The lowest BCUT2D eigenvalue weighted by molar-refractivity contribution is 0.670. The lowest BCUT2D eigenvalue weighted by Gasteiger charge is -2.11.